The van der Waals surface area contributed by atoms with Crippen LogP contribution in [0.3, 0.4) is 0 Å². The van der Waals surface area contributed by atoms with Gasteiger partial charge in [0.15, 0.2) is 0 Å². The molecule has 0 aliphatic rings. The molecule has 5 heteroatoms. The van der Waals surface area contributed by atoms with E-state index in [1.165, 1.54) is 11.1 Å². The molecule has 0 unspecified atom stereocenters. The van der Waals surface area contributed by atoms with Crippen LogP contribution in [-0.4, -0.2) is 13.2 Å². The van der Waals surface area contributed by atoms with Gasteiger partial charge in [0.1, 0.15) is 11.5 Å². The molecule has 3 nitrogen and oxygen atoms in total. The molecule has 0 aromatic heterocycles. The van der Waals surface area contributed by atoms with Gasteiger partial charge >= 0.3 is 0 Å². The molecule has 124 valence electrons. The second kappa shape index (κ2) is 8.71. The number of hydrogen-bond acceptors (Lipinski definition) is 3. The molecule has 0 saturated carbocycles. The smallest absolute Gasteiger partial charge is 0.148 e. The van der Waals surface area contributed by atoms with Crippen LogP contribution in [-0.2, 0) is 13.1 Å². The van der Waals surface area contributed by atoms with E-state index in [1.807, 2.05) is 26.0 Å². The average molecular weight is 443 g/mol. The molecule has 0 amide bonds. The molecule has 0 fully saturated rings. The summed E-state index contributed by atoms with van der Waals surface area (Å²) in [5.41, 5.74) is 2.41. The molecular weight excluding hydrogens is 422 g/mol. The minimum atomic E-state index is 0.140. The first-order valence-electron chi connectivity index (χ1n) is 7.48. The number of rotatable bonds is 7. The minimum Gasteiger partial charge on any atom is -0.497 e. The highest BCUT2D eigenvalue weighted by molar-refractivity contribution is 9.11. The number of nitrogens with one attached hydrogen (secondary N) is 1. The zero-order chi connectivity index (χ0) is 16.8. The Morgan fingerprint density at radius 1 is 0.957 bits per heavy atom. The zero-order valence-electron chi connectivity index (χ0n) is 13.5. The van der Waals surface area contributed by atoms with Crippen LogP contribution in [0.15, 0.2) is 45.3 Å². The fourth-order valence-electron chi connectivity index (χ4n) is 2.16. The minimum absolute atomic E-state index is 0.140. The van der Waals surface area contributed by atoms with Crippen molar-refractivity contribution >= 4 is 31.9 Å². The SMILES string of the molecule is COc1ccc(CNCc2cc(Br)c(OC(C)C)c(Br)c2)cc1. The average Bonchev–Trinajstić information content (AvgIpc) is 2.51. The van der Waals surface area contributed by atoms with E-state index in [-0.39, 0.29) is 6.10 Å². The molecule has 0 heterocycles. The van der Waals surface area contributed by atoms with Crippen molar-refractivity contribution < 1.29 is 9.47 Å². The van der Waals surface area contributed by atoms with Gasteiger partial charge in [0.2, 0.25) is 0 Å². The third-order valence-electron chi connectivity index (χ3n) is 3.23. The summed E-state index contributed by atoms with van der Waals surface area (Å²) in [7, 11) is 1.68. The van der Waals surface area contributed by atoms with Gasteiger partial charge < -0.3 is 14.8 Å². The van der Waals surface area contributed by atoms with Gasteiger partial charge in [-0.1, -0.05) is 12.1 Å². The zero-order valence-corrected chi connectivity index (χ0v) is 16.7. The van der Waals surface area contributed by atoms with Crippen LogP contribution in [0, 0.1) is 0 Å². The number of ether oxygens (including phenoxy) is 2. The van der Waals surface area contributed by atoms with Crippen molar-refractivity contribution in [3.63, 3.8) is 0 Å². The fourth-order valence-corrected chi connectivity index (χ4v) is 3.63. The second-order valence-corrected chi connectivity index (χ2v) is 7.22. The van der Waals surface area contributed by atoms with Gasteiger partial charge in [0.25, 0.3) is 0 Å². The van der Waals surface area contributed by atoms with Crippen molar-refractivity contribution in [2.24, 2.45) is 0 Å². The molecule has 0 aliphatic carbocycles. The normalized spacial score (nSPS) is 10.9. The molecule has 23 heavy (non-hydrogen) atoms. The molecule has 0 radical (unpaired) electrons. The van der Waals surface area contributed by atoms with Crippen LogP contribution in [0.25, 0.3) is 0 Å². The summed E-state index contributed by atoms with van der Waals surface area (Å²) in [5, 5.41) is 3.45. The van der Waals surface area contributed by atoms with E-state index in [4.69, 9.17) is 9.47 Å². The second-order valence-electron chi connectivity index (χ2n) is 5.51. The highest BCUT2D eigenvalue weighted by Gasteiger charge is 2.10. The summed E-state index contributed by atoms with van der Waals surface area (Å²) in [6.07, 6.45) is 0.140. The van der Waals surface area contributed by atoms with Crippen LogP contribution in [0.1, 0.15) is 25.0 Å². The van der Waals surface area contributed by atoms with E-state index in [1.54, 1.807) is 7.11 Å². The third-order valence-corrected chi connectivity index (χ3v) is 4.41. The summed E-state index contributed by atoms with van der Waals surface area (Å²) in [6, 6.07) is 12.3. The van der Waals surface area contributed by atoms with Gasteiger partial charge in [0.05, 0.1) is 22.2 Å². The number of halogens is 2. The Morgan fingerprint density at radius 3 is 2.04 bits per heavy atom. The van der Waals surface area contributed by atoms with Gasteiger partial charge in [0, 0.05) is 13.1 Å². The summed E-state index contributed by atoms with van der Waals surface area (Å²) in [6.45, 7) is 5.63. The Bertz CT molecular complexity index is 619. The summed E-state index contributed by atoms with van der Waals surface area (Å²) in [5.74, 6) is 1.72. The number of methoxy groups -OCH3 is 1. The lowest BCUT2D eigenvalue weighted by atomic mass is 10.2. The molecule has 0 aliphatic heterocycles. The van der Waals surface area contributed by atoms with Gasteiger partial charge in [-0.3, -0.25) is 0 Å². The van der Waals surface area contributed by atoms with E-state index >= 15 is 0 Å². The molecular formula is C18H21Br2NO2. The molecule has 0 spiro atoms. The van der Waals surface area contributed by atoms with Crippen LogP contribution < -0.4 is 14.8 Å². The lowest BCUT2D eigenvalue weighted by Gasteiger charge is -2.15. The largest absolute Gasteiger partial charge is 0.497 e. The Morgan fingerprint density at radius 2 is 1.52 bits per heavy atom. The molecule has 2 aromatic rings. The molecule has 1 N–H and O–H groups in total. The third kappa shape index (κ3) is 5.52. The van der Waals surface area contributed by atoms with Crippen molar-refractivity contribution in [2.75, 3.05) is 7.11 Å². The van der Waals surface area contributed by atoms with E-state index in [0.717, 1.165) is 33.5 Å². The van der Waals surface area contributed by atoms with E-state index in [2.05, 4.69) is 61.4 Å². The van der Waals surface area contributed by atoms with Crippen molar-refractivity contribution in [3.05, 3.63) is 56.5 Å². The van der Waals surface area contributed by atoms with E-state index < -0.39 is 0 Å². The Hall–Kier alpha value is -1.04. The van der Waals surface area contributed by atoms with E-state index in [0.29, 0.717) is 0 Å². The van der Waals surface area contributed by atoms with Crippen molar-refractivity contribution in [2.45, 2.75) is 33.0 Å². The number of hydrogen-bond donors (Lipinski definition) is 1. The first-order chi connectivity index (χ1) is 11.0. The predicted molar refractivity (Wildman–Crippen MR) is 101 cm³/mol. The van der Waals surface area contributed by atoms with Crippen molar-refractivity contribution in [3.8, 4) is 11.5 Å². The fraction of sp³-hybridized carbons (Fsp3) is 0.333. The number of benzene rings is 2. The highest BCUT2D eigenvalue weighted by atomic mass is 79.9. The first-order valence-corrected chi connectivity index (χ1v) is 9.06. The topological polar surface area (TPSA) is 30.5 Å². The quantitative estimate of drug-likeness (QED) is 0.631. The van der Waals surface area contributed by atoms with Crippen LogP contribution in [0.4, 0.5) is 0 Å². The van der Waals surface area contributed by atoms with Gasteiger partial charge in [-0.25, -0.2) is 0 Å². The van der Waals surface area contributed by atoms with Crippen molar-refractivity contribution in [1.29, 1.82) is 0 Å². The lowest BCUT2D eigenvalue weighted by Crippen LogP contribution is -2.13. The van der Waals surface area contributed by atoms with E-state index in [9.17, 15) is 0 Å². The molecule has 0 bridgehead atoms. The van der Waals surface area contributed by atoms with Crippen LogP contribution in [0.5, 0.6) is 11.5 Å². The maximum atomic E-state index is 5.80. The van der Waals surface area contributed by atoms with Gasteiger partial charge in [-0.05, 0) is 81.1 Å². The summed E-state index contributed by atoms with van der Waals surface area (Å²) in [4.78, 5) is 0. The molecule has 2 rings (SSSR count). The first kappa shape index (κ1) is 18.3. The standard InChI is InChI=1S/C18H21Br2NO2/c1-12(2)23-18-16(19)8-14(9-17(18)20)11-21-10-13-4-6-15(22-3)7-5-13/h4-9,12,21H,10-11H2,1-3H3. The maximum absolute atomic E-state index is 5.80. The highest BCUT2D eigenvalue weighted by Crippen LogP contribution is 2.35. The molecule has 0 saturated heterocycles. The van der Waals surface area contributed by atoms with Crippen LogP contribution >= 0.6 is 31.9 Å². The Kier molecular flexibility index (Phi) is 6.93. The van der Waals surface area contributed by atoms with Gasteiger partial charge in [-0.15, -0.1) is 0 Å². The van der Waals surface area contributed by atoms with Crippen LogP contribution in [0.2, 0.25) is 0 Å². The summed E-state index contributed by atoms with van der Waals surface area (Å²) < 4.78 is 12.9. The van der Waals surface area contributed by atoms with Crippen molar-refractivity contribution in [1.82, 2.24) is 5.32 Å². The maximum Gasteiger partial charge on any atom is 0.148 e. The molecule has 0 atom stereocenters. The lowest BCUT2D eigenvalue weighted by molar-refractivity contribution is 0.239. The predicted octanol–water partition coefficient (Wildman–Crippen LogP) is 5.30. The van der Waals surface area contributed by atoms with Gasteiger partial charge in [-0.2, -0.15) is 0 Å². The Balaban J connectivity index is 1.95. The Labute approximate surface area is 154 Å². The molecule has 2 aromatic carbocycles. The summed E-state index contributed by atoms with van der Waals surface area (Å²) >= 11 is 7.16. The monoisotopic (exact) mass is 441 g/mol.